The standard InChI is InChI=1S/C12H21NS/c1-8(14)7-12-5-4-9(6-10(12)13)11(12,2)3/h9-10H,4-7,13H2,1-3H3. The highest BCUT2D eigenvalue weighted by atomic mass is 32.1. The van der Waals surface area contributed by atoms with Crippen LogP contribution in [0, 0.1) is 16.7 Å². The van der Waals surface area contributed by atoms with E-state index in [-0.39, 0.29) is 0 Å². The number of fused-ring (bicyclic) bond motifs is 2. The number of rotatable bonds is 2. The largest absolute Gasteiger partial charge is 0.327 e. The Labute approximate surface area is 92.4 Å². The maximum Gasteiger partial charge on any atom is 0.0107 e. The van der Waals surface area contributed by atoms with Gasteiger partial charge in [0.2, 0.25) is 0 Å². The summed E-state index contributed by atoms with van der Waals surface area (Å²) in [6, 6.07) is 0.383. The van der Waals surface area contributed by atoms with Crippen LogP contribution in [0.25, 0.3) is 0 Å². The van der Waals surface area contributed by atoms with Gasteiger partial charge in [-0.2, -0.15) is 0 Å². The van der Waals surface area contributed by atoms with Crippen molar-refractivity contribution in [2.45, 2.75) is 52.5 Å². The molecule has 0 saturated heterocycles. The molecule has 0 heterocycles. The quantitative estimate of drug-likeness (QED) is 0.711. The molecule has 0 aliphatic heterocycles. The van der Waals surface area contributed by atoms with E-state index in [1.165, 1.54) is 19.3 Å². The first-order valence-corrected chi connectivity index (χ1v) is 6.06. The fourth-order valence-corrected chi connectivity index (χ4v) is 4.28. The van der Waals surface area contributed by atoms with E-state index in [4.69, 9.17) is 18.0 Å². The predicted molar refractivity (Wildman–Crippen MR) is 64.4 cm³/mol. The van der Waals surface area contributed by atoms with Crippen LogP contribution >= 0.6 is 12.2 Å². The van der Waals surface area contributed by atoms with E-state index < -0.39 is 0 Å². The fourth-order valence-electron chi connectivity index (χ4n) is 4.02. The van der Waals surface area contributed by atoms with Gasteiger partial charge in [-0.3, -0.25) is 0 Å². The van der Waals surface area contributed by atoms with Crippen molar-refractivity contribution in [3.63, 3.8) is 0 Å². The second-order valence-electron chi connectivity index (χ2n) is 5.83. The third-order valence-electron chi connectivity index (χ3n) is 5.06. The van der Waals surface area contributed by atoms with Crippen molar-refractivity contribution in [2.75, 3.05) is 0 Å². The Morgan fingerprint density at radius 1 is 1.50 bits per heavy atom. The molecule has 2 bridgehead atoms. The van der Waals surface area contributed by atoms with Gasteiger partial charge in [0.05, 0.1) is 0 Å². The van der Waals surface area contributed by atoms with E-state index >= 15 is 0 Å². The Morgan fingerprint density at radius 3 is 2.50 bits per heavy atom. The van der Waals surface area contributed by atoms with Crippen LogP contribution in [0.1, 0.15) is 46.5 Å². The van der Waals surface area contributed by atoms with E-state index in [1.54, 1.807) is 0 Å². The minimum atomic E-state index is 0.323. The van der Waals surface area contributed by atoms with Crippen molar-refractivity contribution in [1.82, 2.24) is 0 Å². The second-order valence-corrected chi connectivity index (χ2v) is 6.53. The summed E-state index contributed by atoms with van der Waals surface area (Å²) in [5.41, 5.74) is 7.05. The number of nitrogens with two attached hydrogens (primary N) is 1. The van der Waals surface area contributed by atoms with Gasteiger partial charge in [-0.15, -0.1) is 0 Å². The third-order valence-corrected chi connectivity index (χ3v) is 5.20. The van der Waals surface area contributed by atoms with Crippen LogP contribution in [0.3, 0.4) is 0 Å². The molecule has 2 aliphatic rings. The first-order chi connectivity index (χ1) is 6.40. The number of hydrogen-bond acceptors (Lipinski definition) is 2. The van der Waals surface area contributed by atoms with Gasteiger partial charge in [0.1, 0.15) is 0 Å². The summed E-state index contributed by atoms with van der Waals surface area (Å²) in [5.74, 6) is 0.840. The number of thiocarbonyl (C=S) groups is 1. The molecular weight excluding hydrogens is 190 g/mol. The Balaban J connectivity index is 2.34. The van der Waals surface area contributed by atoms with Crippen LogP contribution in [0.5, 0.6) is 0 Å². The topological polar surface area (TPSA) is 26.0 Å². The van der Waals surface area contributed by atoms with E-state index in [0.29, 0.717) is 16.9 Å². The van der Waals surface area contributed by atoms with Gasteiger partial charge in [-0.25, -0.2) is 0 Å². The summed E-state index contributed by atoms with van der Waals surface area (Å²) in [5, 5.41) is 0. The molecule has 0 radical (unpaired) electrons. The normalized spacial score (nSPS) is 44.3. The highest BCUT2D eigenvalue weighted by Crippen LogP contribution is 2.66. The molecule has 0 aromatic heterocycles. The van der Waals surface area contributed by atoms with E-state index in [9.17, 15) is 0 Å². The van der Waals surface area contributed by atoms with Crippen LogP contribution in [0.4, 0.5) is 0 Å². The van der Waals surface area contributed by atoms with Crippen LogP contribution in [-0.4, -0.2) is 10.9 Å². The zero-order valence-electron chi connectivity index (χ0n) is 9.47. The van der Waals surface area contributed by atoms with E-state index in [1.807, 2.05) is 0 Å². The van der Waals surface area contributed by atoms with Gasteiger partial charge in [-0.1, -0.05) is 26.1 Å². The second kappa shape index (κ2) is 3.02. The molecule has 2 fully saturated rings. The van der Waals surface area contributed by atoms with Crippen molar-refractivity contribution in [3.8, 4) is 0 Å². The van der Waals surface area contributed by atoms with E-state index in [0.717, 1.165) is 17.2 Å². The molecule has 2 heteroatoms. The lowest BCUT2D eigenvalue weighted by Gasteiger charge is -2.41. The molecule has 3 atom stereocenters. The van der Waals surface area contributed by atoms with Crippen molar-refractivity contribution in [2.24, 2.45) is 22.5 Å². The first-order valence-electron chi connectivity index (χ1n) is 5.65. The Bertz CT molecular complexity index is 271. The first kappa shape index (κ1) is 10.6. The van der Waals surface area contributed by atoms with Gasteiger partial charge in [-0.05, 0) is 54.2 Å². The fraction of sp³-hybridized carbons (Fsp3) is 0.917. The minimum Gasteiger partial charge on any atom is -0.327 e. The van der Waals surface area contributed by atoms with Gasteiger partial charge < -0.3 is 5.73 Å². The minimum absolute atomic E-state index is 0.323. The molecule has 80 valence electrons. The molecular formula is C12H21NS. The third kappa shape index (κ3) is 1.13. The average Bonchev–Trinajstić information content (AvgIpc) is 2.36. The highest BCUT2D eigenvalue weighted by molar-refractivity contribution is 7.80. The maximum absolute atomic E-state index is 6.32. The molecule has 2 N–H and O–H groups in total. The molecule has 14 heavy (non-hydrogen) atoms. The van der Waals surface area contributed by atoms with Crippen molar-refractivity contribution < 1.29 is 0 Å². The van der Waals surface area contributed by atoms with Crippen LogP contribution in [0.2, 0.25) is 0 Å². The Hall–Kier alpha value is 0.0500. The van der Waals surface area contributed by atoms with Crippen LogP contribution < -0.4 is 5.73 Å². The lowest BCUT2D eigenvalue weighted by atomic mass is 9.65. The SMILES string of the molecule is CC(=S)CC12CCC(CC1N)C2(C)C. The van der Waals surface area contributed by atoms with Crippen molar-refractivity contribution >= 4 is 17.1 Å². The summed E-state index contributed by atoms with van der Waals surface area (Å²) in [6.07, 6.45) is 4.94. The predicted octanol–water partition coefficient (Wildman–Crippen LogP) is 2.92. The summed E-state index contributed by atoms with van der Waals surface area (Å²) >= 11 is 5.29. The zero-order valence-corrected chi connectivity index (χ0v) is 10.3. The molecule has 2 rings (SSSR count). The Kier molecular flexibility index (Phi) is 2.28. The van der Waals surface area contributed by atoms with E-state index in [2.05, 4.69) is 20.8 Å². The molecule has 2 saturated carbocycles. The monoisotopic (exact) mass is 211 g/mol. The zero-order chi connectivity index (χ0) is 10.6. The molecule has 1 nitrogen and oxygen atoms in total. The van der Waals surface area contributed by atoms with Crippen LogP contribution in [0.15, 0.2) is 0 Å². The summed E-state index contributed by atoms with van der Waals surface area (Å²) in [4.78, 5) is 1.14. The summed E-state index contributed by atoms with van der Waals surface area (Å²) in [6.45, 7) is 6.87. The average molecular weight is 211 g/mol. The molecule has 0 amide bonds. The molecule has 2 aliphatic carbocycles. The van der Waals surface area contributed by atoms with Gasteiger partial charge >= 0.3 is 0 Å². The highest BCUT2D eigenvalue weighted by Gasteiger charge is 2.62. The molecule has 3 unspecified atom stereocenters. The van der Waals surface area contributed by atoms with Crippen molar-refractivity contribution in [1.29, 1.82) is 0 Å². The van der Waals surface area contributed by atoms with Gasteiger partial charge in [0.15, 0.2) is 0 Å². The molecule has 0 spiro atoms. The molecule has 0 aromatic rings. The van der Waals surface area contributed by atoms with Crippen LogP contribution in [-0.2, 0) is 0 Å². The number of hydrogen-bond donors (Lipinski definition) is 1. The van der Waals surface area contributed by atoms with Crippen molar-refractivity contribution in [3.05, 3.63) is 0 Å². The summed E-state index contributed by atoms with van der Waals surface area (Å²) < 4.78 is 0. The lowest BCUT2D eigenvalue weighted by molar-refractivity contribution is 0.121. The molecule has 0 aromatic carbocycles. The van der Waals surface area contributed by atoms with Gasteiger partial charge in [0.25, 0.3) is 0 Å². The summed E-state index contributed by atoms with van der Waals surface area (Å²) in [7, 11) is 0. The van der Waals surface area contributed by atoms with Gasteiger partial charge in [0, 0.05) is 6.04 Å². The Morgan fingerprint density at radius 2 is 2.14 bits per heavy atom. The maximum atomic E-state index is 6.32. The lowest BCUT2D eigenvalue weighted by Crippen LogP contribution is -2.44. The smallest absolute Gasteiger partial charge is 0.0107 e.